The maximum Gasteiger partial charge on any atom is 0.274 e. The first kappa shape index (κ1) is 20.0. The fourth-order valence-electron chi connectivity index (χ4n) is 2.99. The summed E-state index contributed by atoms with van der Waals surface area (Å²) in [6.07, 6.45) is 18.7. The Morgan fingerprint density at radius 2 is 1.35 bits per heavy atom. The van der Waals surface area contributed by atoms with E-state index in [1.807, 2.05) is 0 Å². The van der Waals surface area contributed by atoms with Crippen molar-refractivity contribution in [2.75, 3.05) is 11.9 Å². The molecule has 132 valence electrons. The van der Waals surface area contributed by atoms with Crippen LogP contribution in [0.3, 0.4) is 0 Å². The van der Waals surface area contributed by atoms with Crippen LogP contribution in [0.15, 0.2) is 24.4 Å². The molecule has 0 aliphatic heterocycles. The maximum absolute atomic E-state index is 3.56. The van der Waals surface area contributed by atoms with E-state index in [1.165, 1.54) is 82.9 Å². The number of aryl methyl sites for hydroxylation is 1. The van der Waals surface area contributed by atoms with Crippen LogP contribution in [-0.4, -0.2) is 6.54 Å². The first-order valence-corrected chi connectivity index (χ1v) is 10.1. The molecule has 1 aromatic heterocycles. The zero-order valence-electron chi connectivity index (χ0n) is 15.7. The van der Waals surface area contributed by atoms with Gasteiger partial charge in [0.1, 0.15) is 0 Å². The Morgan fingerprint density at radius 1 is 0.739 bits per heavy atom. The third kappa shape index (κ3) is 10.4. The molecule has 0 aliphatic carbocycles. The molecule has 1 N–H and O–H groups in total. The Balaban J connectivity index is 2.07. The number of aromatic nitrogens is 1. The molecule has 0 bridgehead atoms. The van der Waals surface area contributed by atoms with Gasteiger partial charge in [-0.3, -0.25) is 5.32 Å². The number of unbranched alkanes of at least 4 members (excludes halogenated alkanes) is 10. The van der Waals surface area contributed by atoms with Crippen LogP contribution in [0.25, 0.3) is 0 Å². The highest BCUT2D eigenvalue weighted by molar-refractivity contribution is 5.26. The molecule has 1 heterocycles. The Morgan fingerprint density at radius 3 is 2.00 bits per heavy atom. The Hall–Kier alpha value is -1.05. The molecule has 2 nitrogen and oxygen atoms in total. The summed E-state index contributed by atoms with van der Waals surface area (Å²) in [6, 6.07) is 6.47. The Bertz CT molecular complexity index is 376. The molecule has 0 aromatic carbocycles. The van der Waals surface area contributed by atoms with Gasteiger partial charge in [-0.2, -0.15) is 0 Å². The highest BCUT2D eigenvalue weighted by atomic mass is 15.1. The summed E-state index contributed by atoms with van der Waals surface area (Å²) in [7, 11) is 0. The topological polar surface area (TPSA) is 15.9 Å². The minimum atomic E-state index is 1.08. The lowest BCUT2D eigenvalue weighted by molar-refractivity contribution is -0.683. The standard InChI is InChI=1S/C21H38N2/c1-3-5-7-8-9-10-11-12-13-15-19-23-20-16-14-17-21(23)22-18-6-4-2/h14,16-17,20H,3-13,15,18-19H2,1-2H3/p+1. The van der Waals surface area contributed by atoms with Gasteiger partial charge in [-0.1, -0.05) is 77.7 Å². The van der Waals surface area contributed by atoms with Crippen LogP contribution in [0.1, 0.15) is 90.9 Å². The highest BCUT2D eigenvalue weighted by Gasteiger charge is 2.06. The lowest BCUT2D eigenvalue weighted by Crippen LogP contribution is -2.37. The van der Waals surface area contributed by atoms with E-state index < -0.39 is 0 Å². The minimum absolute atomic E-state index is 1.08. The number of hydrogen-bond donors (Lipinski definition) is 1. The summed E-state index contributed by atoms with van der Waals surface area (Å²) < 4.78 is 2.38. The Kier molecular flexibility index (Phi) is 12.6. The van der Waals surface area contributed by atoms with Gasteiger partial charge in [0.05, 0.1) is 19.3 Å². The molecule has 0 spiro atoms. The molecule has 0 saturated heterocycles. The zero-order valence-corrected chi connectivity index (χ0v) is 15.7. The molecule has 0 saturated carbocycles. The van der Waals surface area contributed by atoms with E-state index in [0.717, 1.165) is 13.1 Å². The van der Waals surface area contributed by atoms with Gasteiger partial charge in [0, 0.05) is 6.07 Å². The number of anilines is 1. The fraction of sp³-hybridized carbons (Fsp3) is 0.762. The first-order chi connectivity index (χ1) is 11.4. The second-order valence-corrected chi connectivity index (χ2v) is 6.74. The number of nitrogens with zero attached hydrogens (tertiary/aromatic N) is 1. The van der Waals surface area contributed by atoms with Crippen LogP contribution in [-0.2, 0) is 6.54 Å². The first-order valence-electron chi connectivity index (χ1n) is 10.1. The van der Waals surface area contributed by atoms with Crippen LogP contribution in [0, 0.1) is 0 Å². The number of rotatable bonds is 15. The summed E-state index contributed by atoms with van der Waals surface area (Å²) in [5.74, 6) is 1.27. The molecular formula is C21H39N2+. The van der Waals surface area contributed by atoms with Crippen LogP contribution in [0.5, 0.6) is 0 Å². The van der Waals surface area contributed by atoms with Gasteiger partial charge >= 0.3 is 0 Å². The van der Waals surface area contributed by atoms with Crippen LogP contribution < -0.4 is 9.88 Å². The van der Waals surface area contributed by atoms with E-state index in [4.69, 9.17) is 0 Å². The van der Waals surface area contributed by atoms with E-state index in [-0.39, 0.29) is 0 Å². The normalized spacial score (nSPS) is 10.9. The van der Waals surface area contributed by atoms with Gasteiger partial charge in [0.15, 0.2) is 0 Å². The van der Waals surface area contributed by atoms with Gasteiger partial charge in [0.2, 0.25) is 0 Å². The van der Waals surface area contributed by atoms with Gasteiger partial charge in [0.25, 0.3) is 5.82 Å². The summed E-state index contributed by atoms with van der Waals surface area (Å²) in [6.45, 7) is 6.75. The van der Waals surface area contributed by atoms with Crippen molar-refractivity contribution in [2.24, 2.45) is 0 Å². The minimum Gasteiger partial charge on any atom is -0.274 e. The molecule has 1 rings (SSSR count). The smallest absolute Gasteiger partial charge is 0.274 e. The molecule has 0 radical (unpaired) electrons. The van der Waals surface area contributed by atoms with Gasteiger partial charge in [-0.15, -0.1) is 0 Å². The predicted octanol–water partition coefficient (Wildman–Crippen LogP) is 6.11. The lowest BCUT2D eigenvalue weighted by atomic mass is 10.1. The average molecular weight is 320 g/mol. The summed E-state index contributed by atoms with van der Waals surface area (Å²) in [5, 5.41) is 3.56. The monoisotopic (exact) mass is 319 g/mol. The van der Waals surface area contributed by atoms with Crippen LogP contribution in [0.2, 0.25) is 0 Å². The largest absolute Gasteiger partial charge is 0.274 e. The molecule has 0 amide bonds. The Labute approximate surface area is 144 Å². The molecule has 23 heavy (non-hydrogen) atoms. The van der Waals surface area contributed by atoms with E-state index in [2.05, 4.69) is 48.1 Å². The second-order valence-electron chi connectivity index (χ2n) is 6.74. The third-order valence-electron chi connectivity index (χ3n) is 4.53. The fourth-order valence-corrected chi connectivity index (χ4v) is 2.99. The molecule has 0 fully saturated rings. The zero-order chi connectivity index (χ0) is 16.6. The van der Waals surface area contributed by atoms with E-state index in [1.54, 1.807) is 0 Å². The molecule has 0 aliphatic rings. The van der Waals surface area contributed by atoms with Crippen molar-refractivity contribution in [3.8, 4) is 0 Å². The lowest BCUT2D eigenvalue weighted by Gasteiger charge is -2.07. The van der Waals surface area contributed by atoms with Crippen molar-refractivity contribution in [2.45, 2.75) is 97.4 Å². The number of nitrogens with one attached hydrogen (secondary N) is 1. The maximum atomic E-state index is 3.56. The van der Waals surface area contributed by atoms with Crippen molar-refractivity contribution in [1.29, 1.82) is 0 Å². The number of hydrogen-bond acceptors (Lipinski definition) is 1. The van der Waals surface area contributed by atoms with Crippen molar-refractivity contribution < 1.29 is 4.57 Å². The van der Waals surface area contributed by atoms with E-state index in [9.17, 15) is 0 Å². The van der Waals surface area contributed by atoms with Crippen molar-refractivity contribution in [3.63, 3.8) is 0 Å². The number of pyridine rings is 1. The van der Waals surface area contributed by atoms with Gasteiger partial charge in [-0.25, -0.2) is 4.57 Å². The van der Waals surface area contributed by atoms with Crippen molar-refractivity contribution >= 4 is 5.82 Å². The molecule has 2 heteroatoms. The van der Waals surface area contributed by atoms with Crippen LogP contribution in [0.4, 0.5) is 5.82 Å². The SMILES string of the molecule is CCCCCCCCCCCC[n+]1ccccc1NCCCC. The van der Waals surface area contributed by atoms with Crippen LogP contribution >= 0.6 is 0 Å². The summed E-state index contributed by atoms with van der Waals surface area (Å²) in [4.78, 5) is 0. The quantitative estimate of drug-likeness (QED) is 0.305. The molecular weight excluding hydrogens is 280 g/mol. The van der Waals surface area contributed by atoms with Crippen molar-refractivity contribution in [1.82, 2.24) is 0 Å². The molecule has 0 unspecified atom stereocenters. The van der Waals surface area contributed by atoms with Gasteiger partial charge < -0.3 is 0 Å². The second kappa shape index (κ2) is 14.5. The molecule has 1 aromatic rings. The average Bonchev–Trinajstić information content (AvgIpc) is 2.58. The van der Waals surface area contributed by atoms with E-state index >= 15 is 0 Å². The third-order valence-corrected chi connectivity index (χ3v) is 4.53. The predicted molar refractivity (Wildman–Crippen MR) is 102 cm³/mol. The van der Waals surface area contributed by atoms with E-state index in [0.29, 0.717) is 0 Å². The van der Waals surface area contributed by atoms with Gasteiger partial charge in [-0.05, 0) is 25.3 Å². The summed E-state index contributed by atoms with van der Waals surface area (Å²) >= 11 is 0. The van der Waals surface area contributed by atoms with Crippen molar-refractivity contribution in [3.05, 3.63) is 24.4 Å². The molecule has 0 atom stereocenters. The summed E-state index contributed by atoms with van der Waals surface area (Å²) in [5.41, 5.74) is 0. The highest BCUT2D eigenvalue weighted by Crippen LogP contribution is 2.10.